The molecule has 2 aromatic carbocycles. The summed E-state index contributed by atoms with van der Waals surface area (Å²) in [5.74, 6) is 0.557. The summed E-state index contributed by atoms with van der Waals surface area (Å²) < 4.78 is 0. The molecule has 0 radical (unpaired) electrons. The van der Waals surface area contributed by atoms with Crippen molar-refractivity contribution in [3.63, 3.8) is 0 Å². The average Bonchev–Trinajstić information content (AvgIpc) is 3.23. The SMILES string of the molecule is CC(C)(C)c1c[c-]c2c(c1)-c1cc(C(C)(C)C)ccc1C2.CC1[C-]=CC([Si](C)(C)C)=C1.[Cl-].[Cl-].[Zr+4]. The van der Waals surface area contributed by atoms with Gasteiger partial charge in [0.05, 0.1) is 0 Å². The topological polar surface area (TPSA) is 0 Å². The summed E-state index contributed by atoms with van der Waals surface area (Å²) in [7, 11) is -1.02. The van der Waals surface area contributed by atoms with Gasteiger partial charge in [-0.2, -0.15) is 35.4 Å². The smallest absolute Gasteiger partial charge is 1.00 e. The van der Waals surface area contributed by atoms with Crippen molar-refractivity contribution in [2.24, 2.45) is 5.92 Å². The van der Waals surface area contributed by atoms with Gasteiger partial charge in [0.2, 0.25) is 0 Å². The van der Waals surface area contributed by atoms with Gasteiger partial charge in [-0.05, 0) is 25.5 Å². The Bertz CT molecular complexity index is 970. The van der Waals surface area contributed by atoms with Gasteiger partial charge in [0.1, 0.15) is 0 Å². The summed E-state index contributed by atoms with van der Waals surface area (Å²) in [4.78, 5) is 0. The molecular weight excluding hydrogens is 551 g/mol. The third-order valence-electron chi connectivity index (χ3n) is 6.32. The van der Waals surface area contributed by atoms with Crippen molar-refractivity contribution in [3.8, 4) is 11.1 Å². The van der Waals surface area contributed by atoms with Crippen LogP contribution in [0.4, 0.5) is 0 Å². The van der Waals surface area contributed by atoms with Crippen molar-refractivity contribution >= 4 is 8.07 Å². The van der Waals surface area contributed by atoms with E-state index in [0.717, 1.165) is 6.42 Å². The van der Waals surface area contributed by atoms with Gasteiger partial charge in [-0.15, -0.1) is 5.56 Å². The normalized spacial score (nSPS) is 16.1. The Balaban J connectivity index is 0.000000721. The van der Waals surface area contributed by atoms with Crippen molar-refractivity contribution in [2.75, 3.05) is 0 Å². The summed E-state index contributed by atoms with van der Waals surface area (Å²) >= 11 is 0. The number of rotatable bonds is 1. The van der Waals surface area contributed by atoms with Gasteiger partial charge in [-0.25, -0.2) is 11.3 Å². The number of hydrogen-bond acceptors (Lipinski definition) is 0. The molecule has 1 atom stereocenters. The van der Waals surface area contributed by atoms with Crippen molar-refractivity contribution in [3.05, 3.63) is 82.1 Å². The van der Waals surface area contributed by atoms with E-state index >= 15 is 0 Å². The Morgan fingerprint density at radius 3 is 1.85 bits per heavy atom. The number of fused-ring (bicyclic) bond motifs is 3. The summed E-state index contributed by atoms with van der Waals surface area (Å²) in [5, 5.41) is 1.56. The van der Waals surface area contributed by atoms with Gasteiger partial charge in [0, 0.05) is 0 Å². The standard InChI is InChI=1S/C21H25.C9H15Si.2ClH.Zr/c1-20(2,3)16-9-7-14-11-15-8-10-17(21(4,5)6)13-19(15)18(14)12-16;1-8-5-6-9(7-8)10(2,3)4;;;/h7,9-10,12-13H,11H2,1-6H3;6-8H,1-4H3;2*1H;/q2*-1;;;+4/p-2. The van der Waals surface area contributed by atoms with Gasteiger partial charge in [-0.3, -0.25) is 6.08 Å². The molecule has 2 aliphatic rings. The molecule has 0 saturated carbocycles. The molecule has 0 aliphatic heterocycles. The molecule has 0 N–H and O–H groups in total. The minimum atomic E-state index is -1.02. The third kappa shape index (κ3) is 8.06. The summed E-state index contributed by atoms with van der Waals surface area (Å²) in [5.41, 5.74) is 8.76. The first-order valence-corrected chi connectivity index (χ1v) is 15.2. The first-order valence-electron chi connectivity index (χ1n) is 11.7. The van der Waals surface area contributed by atoms with E-state index in [0.29, 0.717) is 5.92 Å². The quantitative estimate of drug-likeness (QED) is 0.302. The van der Waals surface area contributed by atoms with Crippen LogP contribution in [0, 0.1) is 18.1 Å². The first kappa shape index (κ1) is 33.6. The minimum absolute atomic E-state index is 0. The van der Waals surface area contributed by atoms with Crippen LogP contribution in [0.5, 0.6) is 0 Å². The number of benzene rings is 2. The van der Waals surface area contributed by atoms with Crippen LogP contribution < -0.4 is 24.8 Å². The molecule has 2 aromatic rings. The van der Waals surface area contributed by atoms with E-state index < -0.39 is 8.07 Å². The van der Waals surface area contributed by atoms with Crippen molar-refractivity contribution in [2.45, 2.75) is 85.4 Å². The molecule has 1 unspecified atom stereocenters. The monoisotopic (exact) mass is 588 g/mol. The molecule has 0 heterocycles. The number of allylic oxidation sites excluding steroid dienone is 4. The first-order chi connectivity index (χ1) is 14.2. The second kappa shape index (κ2) is 12.2. The molecule has 4 rings (SSSR count). The van der Waals surface area contributed by atoms with E-state index in [1.807, 2.05) is 0 Å². The molecule has 0 aromatic heterocycles. The predicted molar refractivity (Wildman–Crippen MR) is 139 cm³/mol. The van der Waals surface area contributed by atoms with Crippen molar-refractivity contribution in [1.29, 1.82) is 0 Å². The van der Waals surface area contributed by atoms with E-state index in [2.05, 4.69) is 123 Å². The molecule has 0 bridgehead atoms. The molecule has 2 aliphatic carbocycles. The van der Waals surface area contributed by atoms with Crippen LogP contribution >= 0.6 is 0 Å². The Morgan fingerprint density at radius 1 is 0.853 bits per heavy atom. The number of hydrogen-bond donors (Lipinski definition) is 0. The van der Waals surface area contributed by atoms with Crippen LogP contribution in [0.15, 0.2) is 47.7 Å². The molecule has 0 spiro atoms. The molecule has 4 heteroatoms. The van der Waals surface area contributed by atoms with Crippen LogP contribution in [0.25, 0.3) is 11.1 Å². The van der Waals surface area contributed by atoms with Crippen molar-refractivity contribution < 1.29 is 51.0 Å². The summed E-state index contributed by atoms with van der Waals surface area (Å²) in [6.45, 7) is 22.9. The Kier molecular flexibility index (Phi) is 12.1. The van der Waals surface area contributed by atoms with Crippen LogP contribution in [-0.2, 0) is 43.5 Å². The second-order valence-electron chi connectivity index (χ2n) is 12.3. The van der Waals surface area contributed by atoms with Gasteiger partial charge in [0.25, 0.3) is 0 Å². The fourth-order valence-electron chi connectivity index (χ4n) is 4.04. The maximum absolute atomic E-state index is 3.53. The molecule has 34 heavy (non-hydrogen) atoms. The summed E-state index contributed by atoms with van der Waals surface area (Å²) in [6.07, 6.45) is 8.84. The van der Waals surface area contributed by atoms with Gasteiger partial charge in [-0.1, -0.05) is 109 Å². The average molecular weight is 591 g/mol. The fraction of sp³-hybridized carbons (Fsp3) is 0.467. The van der Waals surface area contributed by atoms with Crippen LogP contribution in [0.2, 0.25) is 19.6 Å². The molecule has 0 fully saturated rings. The number of halogens is 2. The largest absolute Gasteiger partial charge is 4.00 e. The zero-order chi connectivity index (χ0) is 23.2. The third-order valence-corrected chi connectivity index (χ3v) is 8.37. The Morgan fingerprint density at radius 2 is 1.41 bits per heavy atom. The molecule has 0 saturated heterocycles. The van der Waals surface area contributed by atoms with E-state index in [1.165, 1.54) is 33.4 Å². The maximum Gasteiger partial charge on any atom is 4.00 e. The van der Waals surface area contributed by atoms with Crippen molar-refractivity contribution in [1.82, 2.24) is 0 Å². The molecule has 0 nitrogen and oxygen atoms in total. The van der Waals surface area contributed by atoms with Crippen LogP contribution in [-0.4, -0.2) is 8.07 Å². The molecule has 182 valence electrons. The Hall–Kier alpha value is -0.400. The minimum Gasteiger partial charge on any atom is -1.00 e. The maximum atomic E-state index is 3.53. The predicted octanol–water partition coefficient (Wildman–Crippen LogP) is 2.46. The fourth-order valence-corrected chi connectivity index (χ4v) is 5.30. The van der Waals surface area contributed by atoms with E-state index in [4.69, 9.17) is 0 Å². The van der Waals surface area contributed by atoms with E-state index in [-0.39, 0.29) is 61.8 Å². The van der Waals surface area contributed by atoms with Gasteiger partial charge in [0.15, 0.2) is 0 Å². The molecular formula is C30H40Cl2SiZr. The summed E-state index contributed by atoms with van der Waals surface area (Å²) in [6, 6.07) is 15.1. The Labute approximate surface area is 242 Å². The van der Waals surface area contributed by atoms with Gasteiger partial charge < -0.3 is 24.8 Å². The van der Waals surface area contributed by atoms with Crippen LogP contribution in [0.1, 0.15) is 70.7 Å². The van der Waals surface area contributed by atoms with E-state index in [1.54, 1.807) is 5.20 Å². The van der Waals surface area contributed by atoms with Gasteiger partial charge >= 0.3 is 26.2 Å². The zero-order valence-corrected chi connectivity index (χ0v) is 27.6. The zero-order valence-electron chi connectivity index (χ0n) is 22.6. The second-order valence-corrected chi connectivity index (χ2v) is 17.4. The van der Waals surface area contributed by atoms with E-state index in [9.17, 15) is 0 Å². The molecule has 0 amide bonds. The van der Waals surface area contributed by atoms with Crippen LogP contribution in [0.3, 0.4) is 0 Å².